The Morgan fingerprint density at radius 3 is 1.05 bits per heavy atom. The van der Waals surface area contributed by atoms with Gasteiger partial charge in [-0.1, -0.05) is 146 Å². The molecule has 0 saturated carbocycles. The molecule has 0 aliphatic heterocycles. The number of hydrogen-bond donors (Lipinski definition) is 2. The van der Waals surface area contributed by atoms with Crippen LogP contribution in [-0.4, -0.2) is 10.2 Å². The number of phenols is 2. The van der Waals surface area contributed by atoms with Crippen LogP contribution in [0.1, 0.15) is 0 Å². The number of benzene rings is 8. The molecule has 0 radical (unpaired) electrons. The maximum atomic E-state index is 10.6. The minimum Gasteiger partial charge on any atom is -0.507 e. The largest absolute Gasteiger partial charge is 0.507 e. The van der Waals surface area contributed by atoms with E-state index in [0.717, 1.165) is 43.8 Å². The molecule has 8 aromatic rings. The first kappa shape index (κ1) is 25.4. The third kappa shape index (κ3) is 4.70. The third-order valence-electron chi connectivity index (χ3n) is 7.92. The van der Waals surface area contributed by atoms with Crippen LogP contribution < -0.4 is 0 Å². The Labute approximate surface area is 244 Å². The first-order valence-corrected chi connectivity index (χ1v) is 14.1. The smallest absolute Gasteiger partial charge is 0.131 e. The van der Waals surface area contributed by atoms with Gasteiger partial charge < -0.3 is 10.2 Å². The summed E-state index contributed by atoms with van der Waals surface area (Å²) in [4.78, 5) is 0. The fourth-order valence-corrected chi connectivity index (χ4v) is 5.69. The van der Waals surface area contributed by atoms with E-state index in [1.165, 1.54) is 21.5 Å². The van der Waals surface area contributed by atoms with E-state index in [-0.39, 0.29) is 0 Å². The van der Waals surface area contributed by atoms with Gasteiger partial charge in [0.25, 0.3) is 0 Å². The van der Waals surface area contributed by atoms with Gasteiger partial charge in [-0.25, -0.2) is 0 Å². The average molecular weight is 541 g/mol. The molecule has 0 aromatic heterocycles. The van der Waals surface area contributed by atoms with Crippen LogP contribution in [0.3, 0.4) is 0 Å². The molecule has 0 fully saturated rings. The Morgan fingerprint density at radius 1 is 0.286 bits per heavy atom. The summed E-state index contributed by atoms with van der Waals surface area (Å²) >= 11 is 0. The Hall–Kier alpha value is -5.60. The molecule has 0 amide bonds. The second kappa shape index (κ2) is 10.8. The topological polar surface area (TPSA) is 40.5 Å². The number of fused-ring (bicyclic) bond motifs is 4. The Bertz CT molecular complexity index is 2070. The first-order chi connectivity index (χ1) is 20.7. The van der Waals surface area contributed by atoms with Gasteiger partial charge in [-0.3, -0.25) is 0 Å². The maximum absolute atomic E-state index is 10.6. The number of phenolic OH excluding ortho intramolecular Hbond substituents is 2. The fraction of sp³-hybridized carbons (Fsp3) is 0. The zero-order valence-electron chi connectivity index (χ0n) is 22.9. The molecular formula is C40H28O2. The third-order valence-corrected chi connectivity index (χ3v) is 7.92. The highest BCUT2D eigenvalue weighted by Crippen LogP contribution is 2.38. The van der Waals surface area contributed by atoms with Crippen LogP contribution in [0.2, 0.25) is 0 Å². The molecule has 2 N–H and O–H groups in total. The Morgan fingerprint density at radius 2 is 0.619 bits per heavy atom. The van der Waals surface area contributed by atoms with Crippen molar-refractivity contribution < 1.29 is 10.2 Å². The van der Waals surface area contributed by atoms with Crippen molar-refractivity contribution in [1.29, 1.82) is 0 Å². The van der Waals surface area contributed by atoms with Crippen molar-refractivity contribution in [2.45, 2.75) is 0 Å². The SMILES string of the molecule is Oc1c(-c2ccc3ccccc3c2)ccc2ccccc12.Oc1c(-c2ccc3ccccc3c2)ccc2ccccc12. The highest BCUT2D eigenvalue weighted by atomic mass is 16.3. The van der Waals surface area contributed by atoms with Crippen LogP contribution in [0.25, 0.3) is 65.3 Å². The minimum atomic E-state index is 0.350. The molecule has 0 unspecified atom stereocenters. The second-order valence-electron chi connectivity index (χ2n) is 10.5. The lowest BCUT2D eigenvalue weighted by Gasteiger charge is -2.09. The standard InChI is InChI=1S/2C20H14O/c2*21-20-18-8-4-3-6-15(18)11-12-19(20)17-10-9-14-5-1-2-7-16(14)13-17/h2*1-13,21H. The summed E-state index contributed by atoms with van der Waals surface area (Å²) in [6.07, 6.45) is 0. The molecule has 2 nitrogen and oxygen atoms in total. The van der Waals surface area contributed by atoms with Crippen LogP contribution in [0.5, 0.6) is 11.5 Å². The molecule has 0 heterocycles. The van der Waals surface area contributed by atoms with Gasteiger partial charge in [0.2, 0.25) is 0 Å². The van der Waals surface area contributed by atoms with E-state index in [9.17, 15) is 10.2 Å². The molecule has 2 heteroatoms. The molecule has 0 atom stereocenters. The van der Waals surface area contributed by atoms with Crippen LogP contribution >= 0.6 is 0 Å². The predicted molar refractivity (Wildman–Crippen MR) is 177 cm³/mol. The summed E-state index contributed by atoms with van der Waals surface area (Å²) in [5.74, 6) is 0.701. The quantitative estimate of drug-likeness (QED) is 0.229. The van der Waals surface area contributed by atoms with Crippen LogP contribution in [-0.2, 0) is 0 Å². The normalized spacial score (nSPS) is 11.0. The first-order valence-electron chi connectivity index (χ1n) is 14.1. The average Bonchev–Trinajstić information content (AvgIpc) is 3.05. The lowest BCUT2D eigenvalue weighted by atomic mass is 9.97. The van der Waals surface area contributed by atoms with E-state index in [1.807, 2.05) is 84.9 Å². The van der Waals surface area contributed by atoms with Gasteiger partial charge >= 0.3 is 0 Å². The van der Waals surface area contributed by atoms with E-state index in [1.54, 1.807) is 0 Å². The van der Waals surface area contributed by atoms with Crippen molar-refractivity contribution in [2.24, 2.45) is 0 Å². The van der Waals surface area contributed by atoms with Gasteiger partial charge in [0.05, 0.1) is 0 Å². The van der Waals surface area contributed by atoms with Crippen molar-refractivity contribution >= 4 is 43.1 Å². The van der Waals surface area contributed by atoms with Crippen molar-refractivity contribution in [3.8, 4) is 33.8 Å². The summed E-state index contributed by atoms with van der Waals surface area (Å²) in [6, 6.07) is 53.0. The minimum absolute atomic E-state index is 0.350. The number of aromatic hydroxyl groups is 2. The van der Waals surface area contributed by atoms with E-state index in [2.05, 4.69) is 72.8 Å². The highest BCUT2D eigenvalue weighted by molar-refractivity contribution is 5.98. The van der Waals surface area contributed by atoms with Gasteiger partial charge in [0.15, 0.2) is 0 Å². The van der Waals surface area contributed by atoms with Gasteiger partial charge in [0, 0.05) is 21.9 Å². The highest BCUT2D eigenvalue weighted by Gasteiger charge is 2.10. The van der Waals surface area contributed by atoms with Gasteiger partial charge in [0.1, 0.15) is 11.5 Å². The second-order valence-corrected chi connectivity index (χ2v) is 10.5. The molecule has 0 bridgehead atoms. The van der Waals surface area contributed by atoms with Crippen molar-refractivity contribution in [3.05, 3.63) is 158 Å². The lowest BCUT2D eigenvalue weighted by Crippen LogP contribution is -1.82. The Kier molecular flexibility index (Phi) is 6.50. The Balaban J connectivity index is 0.000000137. The van der Waals surface area contributed by atoms with E-state index in [4.69, 9.17) is 0 Å². The van der Waals surface area contributed by atoms with E-state index < -0.39 is 0 Å². The van der Waals surface area contributed by atoms with Crippen LogP contribution in [0.4, 0.5) is 0 Å². The zero-order valence-corrected chi connectivity index (χ0v) is 22.9. The van der Waals surface area contributed by atoms with Crippen molar-refractivity contribution in [2.75, 3.05) is 0 Å². The molecule has 0 aliphatic carbocycles. The molecule has 200 valence electrons. The summed E-state index contributed by atoms with van der Waals surface area (Å²) in [6.45, 7) is 0. The molecule has 0 spiro atoms. The van der Waals surface area contributed by atoms with Crippen LogP contribution in [0, 0.1) is 0 Å². The molecule has 42 heavy (non-hydrogen) atoms. The molecule has 0 aliphatic rings. The van der Waals surface area contributed by atoms with E-state index in [0.29, 0.717) is 11.5 Å². The molecule has 0 saturated heterocycles. The lowest BCUT2D eigenvalue weighted by molar-refractivity contribution is 0.483. The number of hydrogen-bond acceptors (Lipinski definition) is 2. The summed E-state index contributed by atoms with van der Waals surface area (Å²) in [5, 5.41) is 29.8. The molecular weight excluding hydrogens is 512 g/mol. The molecule has 8 aromatic carbocycles. The van der Waals surface area contributed by atoms with E-state index >= 15 is 0 Å². The fourth-order valence-electron chi connectivity index (χ4n) is 5.69. The van der Waals surface area contributed by atoms with Gasteiger partial charge in [-0.15, -0.1) is 0 Å². The monoisotopic (exact) mass is 540 g/mol. The molecule has 8 rings (SSSR count). The van der Waals surface area contributed by atoms with Crippen LogP contribution in [0.15, 0.2) is 158 Å². The van der Waals surface area contributed by atoms with Gasteiger partial charge in [-0.2, -0.15) is 0 Å². The summed E-state index contributed by atoms with van der Waals surface area (Å²) in [7, 11) is 0. The zero-order chi connectivity index (χ0) is 28.5. The van der Waals surface area contributed by atoms with Crippen molar-refractivity contribution in [3.63, 3.8) is 0 Å². The predicted octanol–water partition coefficient (Wildman–Crippen LogP) is 10.7. The number of rotatable bonds is 2. The van der Waals surface area contributed by atoms with Crippen molar-refractivity contribution in [1.82, 2.24) is 0 Å². The maximum Gasteiger partial charge on any atom is 0.131 e. The summed E-state index contributed by atoms with van der Waals surface area (Å²) < 4.78 is 0. The summed E-state index contributed by atoms with van der Waals surface area (Å²) in [5.41, 5.74) is 3.83. The van der Waals surface area contributed by atoms with Gasteiger partial charge in [-0.05, 0) is 55.6 Å².